The first-order valence-corrected chi connectivity index (χ1v) is 7.90. The lowest BCUT2D eigenvalue weighted by Crippen LogP contribution is -2.28. The molecule has 1 atom stereocenters. The molecule has 5 heteroatoms. The molecule has 1 amide bonds. The summed E-state index contributed by atoms with van der Waals surface area (Å²) in [4.78, 5) is 25.2. The van der Waals surface area contributed by atoms with E-state index in [0.29, 0.717) is 11.5 Å². The van der Waals surface area contributed by atoms with Crippen LogP contribution >= 0.6 is 0 Å². The molecule has 1 aliphatic heterocycles. The van der Waals surface area contributed by atoms with Crippen LogP contribution in [0, 0.1) is 6.92 Å². The Morgan fingerprint density at radius 1 is 1.35 bits per heavy atom. The fourth-order valence-corrected chi connectivity index (χ4v) is 3.00. The van der Waals surface area contributed by atoms with Gasteiger partial charge < -0.3 is 9.80 Å². The van der Waals surface area contributed by atoms with E-state index in [0.717, 1.165) is 36.6 Å². The summed E-state index contributed by atoms with van der Waals surface area (Å²) in [6, 6.07) is 7.83. The average Bonchev–Trinajstić information content (AvgIpc) is 3.04. The van der Waals surface area contributed by atoms with Gasteiger partial charge in [-0.25, -0.2) is 0 Å². The summed E-state index contributed by atoms with van der Waals surface area (Å²) in [6.45, 7) is 3.51. The molecule has 1 fully saturated rings. The lowest BCUT2D eigenvalue weighted by molar-refractivity contribution is 0.0790. The summed E-state index contributed by atoms with van der Waals surface area (Å²) in [5.74, 6) is 0.357. The highest BCUT2D eigenvalue weighted by Gasteiger charge is 2.29. The van der Waals surface area contributed by atoms with E-state index in [2.05, 4.69) is 27.0 Å². The molecule has 0 bridgehead atoms. The highest BCUT2D eigenvalue weighted by Crippen LogP contribution is 2.29. The van der Waals surface area contributed by atoms with E-state index in [9.17, 15) is 4.79 Å². The van der Waals surface area contributed by atoms with Gasteiger partial charge in [0.2, 0.25) is 0 Å². The van der Waals surface area contributed by atoms with Crippen LogP contribution in [0.15, 0.2) is 36.7 Å². The van der Waals surface area contributed by atoms with Crippen LogP contribution in [0.4, 0.5) is 5.69 Å². The minimum absolute atomic E-state index is 0.0566. The molecule has 0 saturated carbocycles. The van der Waals surface area contributed by atoms with Gasteiger partial charge in [-0.05, 0) is 37.6 Å². The predicted molar refractivity (Wildman–Crippen MR) is 90.8 cm³/mol. The third-order valence-corrected chi connectivity index (χ3v) is 4.28. The Bertz CT molecular complexity index is 699. The second-order valence-corrected chi connectivity index (χ2v) is 6.26. The SMILES string of the molecule is Cc1cc(N(C)C)cc([C@@H]2CCN(C(=O)c3cccnc3)C2)n1. The van der Waals surface area contributed by atoms with E-state index in [1.165, 1.54) is 0 Å². The van der Waals surface area contributed by atoms with E-state index in [-0.39, 0.29) is 5.91 Å². The summed E-state index contributed by atoms with van der Waals surface area (Å²) < 4.78 is 0. The van der Waals surface area contributed by atoms with Crippen LogP contribution in [0.5, 0.6) is 0 Å². The molecule has 3 heterocycles. The Hall–Kier alpha value is -2.43. The fourth-order valence-electron chi connectivity index (χ4n) is 3.00. The molecule has 0 aliphatic carbocycles. The van der Waals surface area contributed by atoms with Crippen molar-refractivity contribution in [3.05, 3.63) is 53.6 Å². The first-order chi connectivity index (χ1) is 11.0. The highest BCUT2D eigenvalue weighted by molar-refractivity contribution is 5.94. The molecule has 2 aromatic heterocycles. The summed E-state index contributed by atoms with van der Waals surface area (Å²) in [6.07, 6.45) is 4.27. The number of carbonyl (C=O) groups is 1. The summed E-state index contributed by atoms with van der Waals surface area (Å²) >= 11 is 0. The topological polar surface area (TPSA) is 49.3 Å². The maximum absolute atomic E-state index is 12.5. The van der Waals surface area contributed by atoms with E-state index in [1.807, 2.05) is 32.0 Å². The molecule has 0 aromatic carbocycles. The molecule has 2 aromatic rings. The van der Waals surface area contributed by atoms with Crippen molar-refractivity contribution in [3.63, 3.8) is 0 Å². The number of hydrogen-bond acceptors (Lipinski definition) is 4. The predicted octanol–water partition coefficient (Wildman–Crippen LogP) is 2.48. The van der Waals surface area contributed by atoms with E-state index in [1.54, 1.807) is 18.5 Å². The standard InChI is InChI=1S/C18H22N4O/c1-13-9-16(21(2)3)10-17(20-13)15-6-8-22(12-15)18(23)14-5-4-7-19-11-14/h4-5,7,9-11,15H,6,8,12H2,1-3H3/t15-/m1/s1. The molecular formula is C18H22N4O. The van der Waals surface area contributed by atoms with Gasteiger partial charge in [0.05, 0.1) is 5.56 Å². The van der Waals surface area contributed by atoms with Gasteiger partial charge in [0, 0.05) is 62.6 Å². The molecule has 120 valence electrons. The zero-order valence-electron chi connectivity index (χ0n) is 13.9. The zero-order valence-corrected chi connectivity index (χ0v) is 13.9. The molecule has 1 saturated heterocycles. The van der Waals surface area contributed by atoms with Gasteiger partial charge in [0.1, 0.15) is 0 Å². The second kappa shape index (κ2) is 6.36. The second-order valence-electron chi connectivity index (χ2n) is 6.26. The van der Waals surface area contributed by atoms with Gasteiger partial charge in [0.15, 0.2) is 0 Å². The number of anilines is 1. The van der Waals surface area contributed by atoms with Crippen molar-refractivity contribution in [1.82, 2.24) is 14.9 Å². The normalized spacial score (nSPS) is 17.3. The third-order valence-electron chi connectivity index (χ3n) is 4.28. The Morgan fingerprint density at radius 2 is 2.17 bits per heavy atom. The van der Waals surface area contributed by atoms with Gasteiger partial charge in [-0.2, -0.15) is 0 Å². The summed E-state index contributed by atoms with van der Waals surface area (Å²) in [5, 5.41) is 0. The van der Waals surface area contributed by atoms with E-state index >= 15 is 0 Å². The quantitative estimate of drug-likeness (QED) is 0.874. The van der Waals surface area contributed by atoms with Gasteiger partial charge in [-0.15, -0.1) is 0 Å². The largest absolute Gasteiger partial charge is 0.378 e. The maximum atomic E-state index is 12.5. The molecule has 0 unspecified atom stereocenters. The number of nitrogens with zero attached hydrogens (tertiary/aromatic N) is 4. The maximum Gasteiger partial charge on any atom is 0.255 e. The summed E-state index contributed by atoms with van der Waals surface area (Å²) in [5.41, 5.74) is 3.90. The average molecular weight is 310 g/mol. The molecule has 0 radical (unpaired) electrons. The molecule has 0 N–H and O–H groups in total. The van der Waals surface area contributed by atoms with Crippen LogP contribution in [-0.4, -0.2) is 48.0 Å². The van der Waals surface area contributed by atoms with Gasteiger partial charge in [-0.1, -0.05) is 0 Å². The van der Waals surface area contributed by atoms with Crippen molar-refractivity contribution in [1.29, 1.82) is 0 Å². The molecule has 23 heavy (non-hydrogen) atoms. The number of amides is 1. The van der Waals surface area contributed by atoms with Crippen molar-refractivity contribution in [3.8, 4) is 0 Å². The lowest BCUT2D eigenvalue weighted by Gasteiger charge is -2.18. The van der Waals surface area contributed by atoms with Crippen molar-refractivity contribution in [2.45, 2.75) is 19.3 Å². The Balaban J connectivity index is 1.76. The number of hydrogen-bond donors (Lipinski definition) is 0. The monoisotopic (exact) mass is 310 g/mol. The van der Waals surface area contributed by atoms with Crippen LogP contribution in [0.25, 0.3) is 0 Å². The minimum Gasteiger partial charge on any atom is -0.378 e. The highest BCUT2D eigenvalue weighted by atomic mass is 16.2. The van der Waals surface area contributed by atoms with E-state index < -0.39 is 0 Å². The summed E-state index contributed by atoms with van der Waals surface area (Å²) in [7, 11) is 4.07. The van der Waals surface area contributed by atoms with Crippen LogP contribution in [0.1, 0.15) is 34.1 Å². The fraction of sp³-hybridized carbons (Fsp3) is 0.389. The number of aromatic nitrogens is 2. The van der Waals surface area contributed by atoms with Crippen LogP contribution in [0.2, 0.25) is 0 Å². The smallest absolute Gasteiger partial charge is 0.255 e. The number of likely N-dealkylation sites (tertiary alicyclic amines) is 1. The van der Waals surface area contributed by atoms with Crippen molar-refractivity contribution < 1.29 is 4.79 Å². The molecule has 5 nitrogen and oxygen atoms in total. The van der Waals surface area contributed by atoms with Crippen molar-refractivity contribution in [2.24, 2.45) is 0 Å². The number of carbonyl (C=O) groups excluding carboxylic acids is 1. The van der Waals surface area contributed by atoms with Crippen LogP contribution < -0.4 is 4.90 Å². The number of pyridine rings is 2. The molecule has 0 spiro atoms. The molecule has 1 aliphatic rings. The van der Waals surface area contributed by atoms with Gasteiger partial charge in [-0.3, -0.25) is 14.8 Å². The first-order valence-electron chi connectivity index (χ1n) is 7.90. The minimum atomic E-state index is 0.0566. The Labute approximate surface area is 137 Å². The first kappa shape index (κ1) is 15.5. The Kier molecular flexibility index (Phi) is 4.28. The number of rotatable bonds is 3. The van der Waals surface area contributed by atoms with Crippen LogP contribution in [-0.2, 0) is 0 Å². The van der Waals surface area contributed by atoms with Gasteiger partial charge >= 0.3 is 0 Å². The molecule has 3 rings (SSSR count). The van der Waals surface area contributed by atoms with Crippen LogP contribution in [0.3, 0.4) is 0 Å². The molecular weight excluding hydrogens is 288 g/mol. The third kappa shape index (κ3) is 3.33. The lowest BCUT2D eigenvalue weighted by atomic mass is 10.0. The van der Waals surface area contributed by atoms with Crippen molar-refractivity contribution in [2.75, 3.05) is 32.1 Å². The Morgan fingerprint density at radius 3 is 2.87 bits per heavy atom. The number of aryl methyl sites for hydroxylation is 1. The van der Waals surface area contributed by atoms with Gasteiger partial charge in [0.25, 0.3) is 5.91 Å². The van der Waals surface area contributed by atoms with E-state index in [4.69, 9.17) is 0 Å². The van der Waals surface area contributed by atoms with Crippen molar-refractivity contribution >= 4 is 11.6 Å². The zero-order chi connectivity index (χ0) is 16.4.